The summed E-state index contributed by atoms with van der Waals surface area (Å²) in [4.78, 5) is 37.4. The van der Waals surface area contributed by atoms with Gasteiger partial charge in [0.1, 0.15) is 24.0 Å². The van der Waals surface area contributed by atoms with Gasteiger partial charge in [-0.3, -0.25) is 14.4 Å². The summed E-state index contributed by atoms with van der Waals surface area (Å²) < 4.78 is 10.9. The average Bonchev–Trinajstić information content (AvgIpc) is 2.78. The van der Waals surface area contributed by atoms with E-state index in [9.17, 15) is 19.5 Å². The van der Waals surface area contributed by atoms with Gasteiger partial charge in [-0.1, -0.05) is 49.4 Å². The molecule has 2 unspecified atom stereocenters. The first kappa shape index (κ1) is 22.3. The molecular weight excluding hydrogens is 396 g/mol. The summed E-state index contributed by atoms with van der Waals surface area (Å²) in [5.41, 5.74) is 1.45. The molecule has 0 amide bonds. The molecule has 0 saturated carbocycles. The van der Waals surface area contributed by atoms with E-state index < -0.39 is 35.1 Å². The number of aliphatic hydroxyl groups excluding tert-OH is 1. The molecule has 0 radical (unpaired) electrons. The van der Waals surface area contributed by atoms with E-state index in [2.05, 4.69) is 0 Å². The van der Waals surface area contributed by atoms with E-state index >= 15 is 0 Å². The molecule has 0 fully saturated rings. The molecular formula is C25H26O6. The Morgan fingerprint density at radius 2 is 1.71 bits per heavy atom. The second-order valence-electron chi connectivity index (χ2n) is 7.34. The smallest absolute Gasteiger partial charge is 0.317 e. The summed E-state index contributed by atoms with van der Waals surface area (Å²) in [6.45, 7) is 3.82. The van der Waals surface area contributed by atoms with Gasteiger partial charge in [0.25, 0.3) is 0 Å². The van der Waals surface area contributed by atoms with Gasteiger partial charge in [0, 0.05) is 18.8 Å². The molecule has 0 aliphatic heterocycles. The van der Waals surface area contributed by atoms with Gasteiger partial charge in [0.2, 0.25) is 0 Å². The zero-order chi connectivity index (χ0) is 22.4. The molecule has 3 rings (SSSR count). The Morgan fingerprint density at radius 1 is 1.03 bits per heavy atom. The number of Topliss-reactive ketones (excluding diaryl/α,β-unsaturated/α-hetero) is 2. The monoisotopic (exact) mass is 422 g/mol. The molecule has 2 aromatic rings. The maximum Gasteiger partial charge on any atom is 0.317 e. The number of carbonyl (C=O) groups excluding carboxylic acids is 3. The van der Waals surface area contributed by atoms with Crippen LogP contribution in [0.3, 0.4) is 0 Å². The molecule has 2 atom stereocenters. The number of hydrogen-bond acceptors (Lipinski definition) is 6. The van der Waals surface area contributed by atoms with Crippen molar-refractivity contribution in [3.8, 4) is 5.75 Å². The van der Waals surface area contributed by atoms with Crippen molar-refractivity contribution in [1.82, 2.24) is 0 Å². The summed E-state index contributed by atoms with van der Waals surface area (Å²) in [6.07, 6.45) is 0.0115. The van der Waals surface area contributed by atoms with Gasteiger partial charge in [-0.15, -0.1) is 0 Å². The van der Waals surface area contributed by atoms with E-state index in [1.165, 1.54) is 0 Å². The lowest BCUT2D eigenvalue weighted by atomic mass is 9.74. The van der Waals surface area contributed by atoms with Crippen molar-refractivity contribution in [2.75, 3.05) is 6.61 Å². The number of carbonyl (C=O) groups is 3. The number of rotatable bonds is 8. The Bertz CT molecular complexity index is 975. The fourth-order valence-corrected chi connectivity index (χ4v) is 3.75. The van der Waals surface area contributed by atoms with Crippen LogP contribution in [0, 0.1) is 5.92 Å². The van der Waals surface area contributed by atoms with Crippen LogP contribution in [0.4, 0.5) is 0 Å². The minimum absolute atomic E-state index is 0.0567. The Morgan fingerprint density at radius 3 is 2.32 bits per heavy atom. The van der Waals surface area contributed by atoms with Crippen molar-refractivity contribution in [1.29, 1.82) is 0 Å². The van der Waals surface area contributed by atoms with E-state index in [4.69, 9.17) is 9.47 Å². The Hall–Kier alpha value is -3.41. The first-order valence-corrected chi connectivity index (χ1v) is 10.4. The molecule has 1 aliphatic carbocycles. The van der Waals surface area contributed by atoms with Crippen molar-refractivity contribution in [2.45, 2.75) is 39.2 Å². The second-order valence-corrected chi connectivity index (χ2v) is 7.34. The quantitative estimate of drug-likeness (QED) is 0.504. The predicted octanol–water partition coefficient (Wildman–Crippen LogP) is 4.29. The summed E-state index contributed by atoms with van der Waals surface area (Å²) >= 11 is 0. The lowest BCUT2D eigenvalue weighted by Gasteiger charge is -2.30. The molecule has 0 bridgehead atoms. The highest BCUT2D eigenvalue weighted by Gasteiger charge is 2.44. The summed E-state index contributed by atoms with van der Waals surface area (Å²) in [5, 5.41) is 10.7. The predicted molar refractivity (Wildman–Crippen MR) is 115 cm³/mol. The van der Waals surface area contributed by atoms with Crippen molar-refractivity contribution < 1.29 is 29.0 Å². The topological polar surface area (TPSA) is 89.9 Å². The maximum atomic E-state index is 12.6. The van der Waals surface area contributed by atoms with Crippen LogP contribution >= 0.6 is 0 Å². The van der Waals surface area contributed by atoms with Crippen LogP contribution in [0.5, 0.6) is 5.75 Å². The van der Waals surface area contributed by atoms with E-state index in [-0.39, 0.29) is 25.0 Å². The van der Waals surface area contributed by atoms with Gasteiger partial charge in [0.05, 0.1) is 12.2 Å². The number of aliphatic hydroxyl groups is 1. The summed E-state index contributed by atoms with van der Waals surface area (Å²) in [6, 6.07) is 16.8. The standard InChI is InChI=1S/C25H26O6/c1-3-20(26)23-21(27)14-19(22(24(23)28)25(29)30-4-2)17-10-12-18(13-11-17)31-15-16-8-6-5-7-9-16/h5-13,19,22,28H,3-4,14-15H2,1-2H3. The van der Waals surface area contributed by atoms with Crippen LogP contribution in [0.15, 0.2) is 65.9 Å². The van der Waals surface area contributed by atoms with Crippen molar-refractivity contribution in [3.63, 3.8) is 0 Å². The minimum Gasteiger partial charge on any atom is -0.510 e. The first-order chi connectivity index (χ1) is 15.0. The molecule has 1 aliphatic rings. The minimum atomic E-state index is -1.10. The number of esters is 1. The number of allylic oxidation sites excluding steroid dienone is 1. The summed E-state index contributed by atoms with van der Waals surface area (Å²) in [7, 11) is 0. The molecule has 1 N–H and O–H groups in total. The van der Waals surface area contributed by atoms with Crippen molar-refractivity contribution >= 4 is 17.5 Å². The fourth-order valence-electron chi connectivity index (χ4n) is 3.75. The van der Waals surface area contributed by atoms with E-state index in [0.29, 0.717) is 17.9 Å². The number of hydrogen-bond donors (Lipinski definition) is 1. The molecule has 6 nitrogen and oxygen atoms in total. The first-order valence-electron chi connectivity index (χ1n) is 10.4. The lowest BCUT2D eigenvalue weighted by Crippen LogP contribution is -2.35. The number of benzene rings is 2. The summed E-state index contributed by atoms with van der Waals surface area (Å²) in [5.74, 6) is -3.15. The number of ketones is 2. The molecule has 31 heavy (non-hydrogen) atoms. The van der Waals surface area contributed by atoms with Gasteiger partial charge in [0.15, 0.2) is 11.6 Å². The normalized spacial score (nSPS) is 18.6. The van der Waals surface area contributed by atoms with Crippen LogP contribution in [-0.2, 0) is 25.7 Å². The fraction of sp³-hybridized carbons (Fsp3) is 0.320. The highest BCUT2D eigenvalue weighted by atomic mass is 16.5. The lowest BCUT2D eigenvalue weighted by molar-refractivity contribution is -0.149. The van der Waals surface area contributed by atoms with Gasteiger partial charge >= 0.3 is 5.97 Å². The van der Waals surface area contributed by atoms with Gasteiger partial charge in [-0.25, -0.2) is 0 Å². The van der Waals surface area contributed by atoms with Crippen LogP contribution < -0.4 is 4.74 Å². The molecule has 6 heteroatoms. The molecule has 0 heterocycles. The van der Waals surface area contributed by atoms with Crippen LogP contribution in [0.25, 0.3) is 0 Å². The highest BCUT2D eigenvalue weighted by molar-refractivity contribution is 6.21. The number of ether oxygens (including phenoxy) is 2. The van der Waals surface area contributed by atoms with E-state index in [1.54, 1.807) is 38.1 Å². The third-order valence-corrected chi connectivity index (χ3v) is 5.33. The largest absolute Gasteiger partial charge is 0.510 e. The van der Waals surface area contributed by atoms with Gasteiger partial charge in [-0.2, -0.15) is 0 Å². The Labute approximate surface area is 181 Å². The molecule has 2 aromatic carbocycles. The third kappa shape index (κ3) is 5.02. The second kappa shape index (κ2) is 10.1. The molecule has 0 aromatic heterocycles. The van der Waals surface area contributed by atoms with Crippen LogP contribution in [0.1, 0.15) is 43.7 Å². The SMILES string of the molecule is CCOC(=O)C1C(O)=C(C(=O)CC)C(=O)CC1c1ccc(OCc2ccccc2)cc1. The van der Waals surface area contributed by atoms with E-state index in [1.807, 2.05) is 30.3 Å². The zero-order valence-corrected chi connectivity index (χ0v) is 17.7. The Kier molecular flexibility index (Phi) is 7.23. The highest BCUT2D eigenvalue weighted by Crippen LogP contribution is 2.40. The van der Waals surface area contributed by atoms with E-state index in [0.717, 1.165) is 5.56 Å². The molecule has 0 spiro atoms. The van der Waals surface area contributed by atoms with Crippen molar-refractivity contribution in [3.05, 3.63) is 77.1 Å². The molecule has 0 saturated heterocycles. The van der Waals surface area contributed by atoms with Gasteiger partial charge in [-0.05, 0) is 30.2 Å². The molecule has 162 valence electrons. The third-order valence-electron chi connectivity index (χ3n) is 5.33. The van der Waals surface area contributed by atoms with Gasteiger partial charge < -0.3 is 14.6 Å². The zero-order valence-electron chi connectivity index (χ0n) is 17.7. The average molecular weight is 422 g/mol. The van der Waals surface area contributed by atoms with Crippen LogP contribution in [0.2, 0.25) is 0 Å². The maximum absolute atomic E-state index is 12.6. The Balaban J connectivity index is 1.85. The van der Waals surface area contributed by atoms with Crippen LogP contribution in [-0.4, -0.2) is 29.2 Å². The van der Waals surface area contributed by atoms with Crippen molar-refractivity contribution in [2.24, 2.45) is 5.92 Å².